The fourth-order valence-corrected chi connectivity index (χ4v) is 2.61. The van der Waals surface area contributed by atoms with E-state index in [0.29, 0.717) is 30.0 Å². The molecule has 0 bridgehead atoms. The van der Waals surface area contributed by atoms with E-state index in [-0.39, 0.29) is 23.7 Å². The van der Waals surface area contributed by atoms with Gasteiger partial charge in [0.05, 0.1) is 6.10 Å². The van der Waals surface area contributed by atoms with E-state index in [9.17, 15) is 14.0 Å². The van der Waals surface area contributed by atoms with E-state index in [1.165, 1.54) is 24.3 Å². The van der Waals surface area contributed by atoms with Gasteiger partial charge >= 0.3 is 0 Å². The summed E-state index contributed by atoms with van der Waals surface area (Å²) in [4.78, 5) is 25.1. The number of anilines is 2. The third kappa shape index (κ3) is 4.02. The maximum Gasteiger partial charge on any atom is 0.240 e. The van der Waals surface area contributed by atoms with Gasteiger partial charge in [-0.15, -0.1) is 0 Å². The number of benzene rings is 2. The first-order chi connectivity index (χ1) is 12.4. The molecule has 1 aliphatic carbocycles. The summed E-state index contributed by atoms with van der Waals surface area (Å²) in [6.45, 7) is 3.87. The summed E-state index contributed by atoms with van der Waals surface area (Å²) < 4.78 is 18.5. The van der Waals surface area contributed by atoms with Crippen LogP contribution in [0.25, 0.3) is 0 Å². The van der Waals surface area contributed by atoms with Crippen LogP contribution in [0.2, 0.25) is 0 Å². The lowest BCUT2D eigenvalue weighted by atomic mass is 10.0. The highest BCUT2D eigenvalue weighted by Gasteiger charge is 2.56. The molecule has 2 N–H and O–H groups in total. The van der Waals surface area contributed by atoms with Crippen molar-refractivity contribution in [3.05, 3.63) is 54.3 Å². The molecule has 1 fully saturated rings. The molecule has 0 atom stereocenters. The van der Waals surface area contributed by atoms with Crippen molar-refractivity contribution in [2.24, 2.45) is 5.41 Å². The number of hydrogen-bond donors (Lipinski definition) is 2. The minimum Gasteiger partial charge on any atom is -0.491 e. The van der Waals surface area contributed by atoms with Crippen LogP contribution in [-0.2, 0) is 9.59 Å². The molecule has 2 aromatic carbocycles. The molecule has 0 heterocycles. The number of rotatable bonds is 6. The Hall–Kier alpha value is -2.89. The fraction of sp³-hybridized carbons (Fsp3) is 0.300. The van der Waals surface area contributed by atoms with Crippen LogP contribution >= 0.6 is 0 Å². The maximum absolute atomic E-state index is 13.0. The van der Waals surface area contributed by atoms with Crippen LogP contribution in [0.4, 0.5) is 15.8 Å². The highest BCUT2D eigenvalue weighted by molar-refractivity contribution is 6.16. The highest BCUT2D eigenvalue weighted by atomic mass is 19.1. The molecule has 2 amide bonds. The van der Waals surface area contributed by atoms with Crippen molar-refractivity contribution < 1.29 is 18.7 Å². The molecule has 26 heavy (non-hydrogen) atoms. The average Bonchev–Trinajstić information content (AvgIpc) is 3.40. The van der Waals surface area contributed by atoms with Gasteiger partial charge in [-0.1, -0.05) is 0 Å². The lowest BCUT2D eigenvalue weighted by Gasteiger charge is -2.16. The van der Waals surface area contributed by atoms with Gasteiger partial charge in [0.2, 0.25) is 11.8 Å². The quantitative estimate of drug-likeness (QED) is 0.770. The number of carbonyl (C=O) groups excluding carboxylic acids is 2. The van der Waals surface area contributed by atoms with Crippen LogP contribution in [0.5, 0.6) is 5.75 Å². The number of nitrogens with one attached hydrogen (secondary N) is 2. The molecule has 0 unspecified atom stereocenters. The molecule has 136 valence electrons. The summed E-state index contributed by atoms with van der Waals surface area (Å²) in [5, 5.41) is 5.47. The lowest BCUT2D eigenvalue weighted by molar-refractivity contribution is -0.131. The number of halogens is 1. The van der Waals surface area contributed by atoms with Crippen molar-refractivity contribution in [1.29, 1.82) is 0 Å². The molecule has 0 aliphatic heterocycles. The topological polar surface area (TPSA) is 67.4 Å². The van der Waals surface area contributed by atoms with Crippen LogP contribution in [0.15, 0.2) is 48.5 Å². The van der Waals surface area contributed by atoms with Gasteiger partial charge in [0.15, 0.2) is 0 Å². The molecule has 1 saturated carbocycles. The zero-order valence-electron chi connectivity index (χ0n) is 14.7. The SMILES string of the molecule is CC(C)Oc1ccc(NC(=O)C2(C(=O)Nc3ccc(F)cc3)CC2)cc1. The van der Waals surface area contributed by atoms with Gasteiger partial charge in [-0.25, -0.2) is 4.39 Å². The van der Waals surface area contributed by atoms with Gasteiger partial charge in [-0.05, 0) is 75.2 Å². The Bertz CT molecular complexity index is 797. The molecule has 0 aromatic heterocycles. The van der Waals surface area contributed by atoms with Gasteiger partial charge in [-0.2, -0.15) is 0 Å². The molecular weight excluding hydrogens is 335 g/mol. The van der Waals surface area contributed by atoms with Crippen LogP contribution < -0.4 is 15.4 Å². The van der Waals surface area contributed by atoms with E-state index < -0.39 is 5.41 Å². The fourth-order valence-electron chi connectivity index (χ4n) is 2.61. The van der Waals surface area contributed by atoms with Crippen molar-refractivity contribution in [3.8, 4) is 5.75 Å². The normalized spacial score (nSPS) is 14.6. The summed E-state index contributed by atoms with van der Waals surface area (Å²) in [5.74, 6) is -0.379. The predicted octanol–water partition coefficient (Wildman–Crippen LogP) is 3.97. The Morgan fingerprint density at radius 3 is 1.81 bits per heavy atom. The molecule has 3 rings (SSSR count). The lowest BCUT2D eigenvalue weighted by Crippen LogP contribution is -2.35. The Balaban J connectivity index is 1.63. The molecule has 0 spiro atoms. The van der Waals surface area contributed by atoms with Crippen molar-refractivity contribution >= 4 is 23.2 Å². The number of ether oxygens (including phenoxy) is 1. The van der Waals surface area contributed by atoms with E-state index >= 15 is 0 Å². The van der Waals surface area contributed by atoms with Gasteiger partial charge < -0.3 is 15.4 Å². The Labute approximate surface area is 151 Å². The van der Waals surface area contributed by atoms with Crippen LogP contribution in [0, 0.1) is 11.2 Å². The second-order valence-corrected chi connectivity index (χ2v) is 6.69. The minimum absolute atomic E-state index is 0.0698. The largest absolute Gasteiger partial charge is 0.491 e. The average molecular weight is 356 g/mol. The van der Waals surface area contributed by atoms with Gasteiger partial charge in [-0.3, -0.25) is 9.59 Å². The Kier molecular flexibility index (Phi) is 4.93. The zero-order valence-corrected chi connectivity index (χ0v) is 14.7. The summed E-state index contributed by atoms with van der Waals surface area (Å²) in [6.07, 6.45) is 1.04. The van der Waals surface area contributed by atoms with Crippen LogP contribution in [-0.4, -0.2) is 17.9 Å². The smallest absolute Gasteiger partial charge is 0.240 e. The molecule has 2 aromatic rings. The zero-order chi connectivity index (χ0) is 18.7. The van der Waals surface area contributed by atoms with Gasteiger partial charge in [0.1, 0.15) is 17.0 Å². The van der Waals surface area contributed by atoms with Crippen LogP contribution in [0.3, 0.4) is 0 Å². The molecule has 6 heteroatoms. The third-order valence-electron chi connectivity index (χ3n) is 4.21. The van der Waals surface area contributed by atoms with Gasteiger partial charge in [0, 0.05) is 11.4 Å². The van der Waals surface area contributed by atoms with E-state index in [4.69, 9.17) is 4.74 Å². The summed E-state index contributed by atoms with van der Waals surface area (Å²) in [6, 6.07) is 12.5. The van der Waals surface area contributed by atoms with Gasteiger partial charge in [0.25, 0.3) is 0 Å². The van der Waals surface area contributed by atoms with Crippen LogP contribution in [0.1, 0.15) is 26.7 Å². The van der Waals surface area contributed by atoms with Crippen molar-refractivity contribution in [1.82, 2.24) is 0 Å². The Morgan fingerprint density at radius 1 is 0.923 bits per heavy atom. The number of hydrogen-bond acceptors (Lipinski definition) is 3. The first kappa shape index (κ1) is 17.9. The standard InChI is InChI=1S/C20H21FN2O3/c1-13(2)26-17-9-7-16(8-10-17)23-19(25)20(11-12-20)18(24)22-15-5-3-14(21)4-6-15/h3-10,13H,11-12H2,1-2H3,(H,22,24)(H,23,25). The molecule has 0 saturated heterocycles. The van der Waals surface area contributed by atoms with E-state index in [1.807, 2.05) is 13.8 Å². The first-order valence-electron chi connectivity index (χ1n) is 8.54. The number of carbonyl (C=O) groups is 2. The van der Waals surface area contributed by atoms with E-state index in [1.54, 1.807) is 24.3 Å². The second-order valence-electron chi connectivity index (χ2n) is 6.69. The van der Waals surface area contributed by atoms with Crippen molar-refractivity contribution in [2.45, 2.75) is 32.8 Å². The monoisotopic (exact) mass is 356 g/mol. The highest BCUT2D eigenvalue weighted by Crippen LogP contribution is 2.47. The molecule has 1 aliphatic rings. The predicted molar refractivity (Wildman–Crippen MR) is 97.5 cm³/mol. The Morgan fingerprint density at radius 2 is 1.38 bits per heavy atom. The minimum atomic E-state index is -1.07. The molecular formula is C20H21FN2O3. The van der Waals surface area contributed by atoms with E-state index in [0.717, 1.165) is 0 Å². The summed E-state index contributed by atoms with van der Waals surface area (Å²) in [7, 11) is 0. The molecule has 0 radical (unpaired) electrons. The van der Waals surface area contributed by atoms with Crippen molar-refractivity contribution in [2.75, 3.05) is 10.6 Å². The maximum atomic E-state index is 13.0. The number of amides is 2. The summed E-state index contributed by atoms with van der Waals surface area (Å²) >= 11 is 0. The third-order valence-corrected chi connectivity index (χ3v) is 4.21. The summed E-state index contributed by atoms with van der Waals surface area (Å²) in [5.41, 5.74) is -0.000720. The second kappa shape index (κ2) is 7.15. The van der Waals surface area contributed by atoms with E-state index in [2.05, 4.69) is 10.6 Å². The first-order valence-corrected chi connectivity index (χ1v) is 8.54. The molecule has 5 nitrogen and oxygen atoms in total. The van der Waals surface area contributed by atoms with Crippen molar-refractivity contribution in [3.63, 3.8) is 0 Å².